The Kier molecular flexibility index (Phi) is 5.25. The summed E-state index contributed by atoms with van der Waals surface area (Å²) < 4.78 is 15.1. The second-order valence-corrected chi connectivity index (χ2v) is 7.78. The van der Waals surface area contributed by atoms with E-state index in [1.807, 2.05) is 16.5 Å². The summed E-state index contributed by atoms with van der Waals surface area (Å²) in [6.07, 6.45) is 3.79. The van der Waals surface area contributed by atoms with Crippen LogP contribution in [0, 0.1) is 18.7 Å². The highest BCUT2D eigenvalue weighted by atomic mass is 19.1. The van der Waals surface area contributed by atoms with E-state index < -0.39 is 0 Å². The molecule has 2 aliphatic heterocycles. The fraction of sp³-hybridized carbons (Fsp3) is 0.524. The van der Waals surface area contributed by atoms with Crippen molar-refractivity contribution in [2.45, 2.75) is 45.7 Å². The molecule has 1 aromatic heterocycles. The van der Waals surface area contributed by atoms with Gasteiger partial charge in [-0.1, -0.05) is 12.1 Å². The van der Waals surface area contributed by atoms with Crippen LogP contribution < -0.4 is 5.32 Å². The largest absolute Gasteiger partial charge is 0.336 e. The van der Waals surface area contributed by atoms with Crippen molar-refractivity contribution in [2.75, 3.05) is 19.6 Å². The molecule has 6 heteroatoms. The molecule has 144 valence electrons. The van der Waals surface area contributed by atoms with Crippen molar-refractivity contribution in [1.29, 1.82) is 0 Å². The van der Waals surface area contributed by atoms with Gasteiger partial charge in [0.2, 0.25) is 5.91 Å². The molecule has 1 amide bonds. The molecule has 1 N–H and O–H groups in total. The number of benzene rings is 1. The van der Waals surface area contributed by atoms with Crippen LogP contribution in [0.25, 0.3) is 0 Å². The summed E-state index contributed by atoms with van der Waals surface area (Å²) in [5.41, 5.74) is 4.44. The van der Waals surface area contributed by atoms with E-state index in [-0.39, 0.29) is 11.7 Å². The molecule has 1 saturated heterocycles. The van der Waals surface area contributed by atoms with Crippen LogP contribution in [0.3, 0.4) is 0 Å². The van der Waals surface area contributed by atoms with Crippen LogP contribution in [-0.2, 0) is 24.3 Å². The molecule has 3 heterocycles. The number of amides is 1. The minimum Gasteiger partial charge on any atom is -0.336 e. The average molecular weight is 370 g/mol. The summed E-state index contributed by atoms with van der Waals surface area (Å²) in [5, 5.41) is 8.09. The Balaban J connectivity index is 1.47. The van der Waals surface area contributed by atoms with Gasteiger partial charge in [-0.3, -0.25) is 9.48 Å². The van der Waals surface area contributed by atoms with Crippen LogP contribution in [0.1, 0.15) is 41.8 Å². The van der Waals surface area contributed by atoms with Gasteiger partial charge in [0.05, 0.1) is 24.5 Å². The van der Waals surface area contributed by atoms with Gasteiger partial charge in [0.25, 0.3) is 0 Å². The van der Waals surface area contributed by atoms with Crippen molar-refractivity contribution in [2.24, 2.45) is 5.92 Å². The zero-order chi connectivity index (χ0) is 18.8. The Morgan fingerprint density at radius 1 is 1.33 bits per heavy atom. The number of fused-ring (bicyclic) bond motifs is 1. The highest BCUT2D eigenvalue weighted by Crippen LogP contribution is 2.25. The molecule has 2 aliphatic rings. The summed E-state index contributed by atoms with van der Waals surface area (Å²) in [6.45, 7) is 6.05. The van der Waals surface area contributed by atoms with E-state index in [9.17, 15) is 9.18 Å². The van der Waals surface area contributed by atoms with E-state index in [0.29, 0.717) is 25.4 Å². The van der Waals surface area contributed by atoms with Gasteiger partial charge in [-0.25, -0.2) is 4.39 Å². The number of carbonyl (C=O) groups excluding carboxylic acids is 1. The number of rotatable bonds is 4. The first-order chi connectivity index (χ1) is 13.1. The number of nitrogens with one attached hydrogen (secondary N) is 1. The van der Waals surface area contributed by atoms with Gasteiger partial charge in [-0.2, -0.15) is 5.10 Å². The fourth-order valence-electron chi connectivity index (χ4n) is 4.26. The first kappa shape index (κ1) is 18.2. The summed E-state index contributed by atoms with van der Waals surface area (Å²) >= 11 is 0. The van der Waals surface area contributed by atoms with Crippen molar-refractivity contribution in [3.63, 3.8) is 0 Å². The van der Waals surface area contributed by atoms with E-state index in [0.717, 1.165) is 55.8 Å². The third kappa shape index (κ3) is 4.05. The first-order valence-electron chi connectivity index (χ1n) is 9.88. The fourth-order valence-corrected chi connectivity index (χ4v) is 4.26. The van der Waals surface area contributed by atoms with Crippen LogP contribution in [-0.4, -0.2) is 40.2 Å². The lowest BCUT2D eigenvalue weighted by Gasteiger charge is -2.30. The van der Waals surface area contributed by atoms with Gasteiger partial charge in [-0.15, -0.1) is 0 Å². The quantitative estimate of drug-likeness (QED) is 0.900. The normalized spacial score (nSPS) is 19.8. The van der Waals surface area contributed by atoms with E-state index in [1.165, 1.54) is 17.7 Å². The predicted octanol–water partition coefficient (Wildman–Crippen LogP) is 2.65. The van der Waals surface area contributed by atoms with Crippen molar-refractivity contribution < 1.29 is 9.18 Å². The molecule has 2 aromatic rings. The highest BCUT2D eigenvalue weighted by Gasteiger charge is 2.28. The maximum Gasteiger partial charge on any atom is 0.223 e. The van der Waals surface area contributed by atoms with E-state index in [1.54, 1.807) is 12.1 Å². The maximum atomic E-state index is 13.2. The second-order valence-electron chi connectivity index (χ2n) is 7.78. The van der Waals surface area contributed by atoms with Crippen LogP contribution in [0.4, 0.5) is 4.39 Å². The number of hydrogen-bond donors (Lipinski definition) is 1. The molecule has 0 saturated carbocycles. The standard InChI is InChI=1S/C21H27FN4O/c1-15-19-8-10-25(21(27)11-17-3-2-9-23-12-17)14-20(19)26(24-15)13-16-4-6-18(22)7-5-16/h4-7,17,23H,2-3,8-14H2,1H3. The van der Waals surface area contributed by atoms with Gasteiger partial charge >= 0.3 is 0 Å². The molecule has 0 bridgehead atoms. The van der Waals surface area contributed by atoms with Crippen molar-refractivity contribution >= 4 is 5.91 Å². The Hall–Kier alpha value is -2.21. The lowest BCUT2D eigenvalue weighted by Crippen LogP contribution is -2.39. The Bertz CT molecular complexity index is 808. The SMILES string of the molecule is Cc1nn(Cc2ccc(F)cc2)c2c1CCN(C(=O)CC1CCCNC1)C2. The average Bonchev–Trinajstić information content (AvgIpc) is 2.99. The third-order valence-electron chi connectivity index (χ3n) is 5.80. The number of carbonyl (C=O) groups is 1. The minimum absolute atomic E-state index is 0.230. The molecule has 0 spiro atoms. The predicted molar refractivity (Wildman–Crippen MR) is 102 cm³/mol. The summed E-state index contributed by atoms with van der Waals surface area (Å²) in [4.78, 5) is 14.8. The molecular formula is C21H27FN4O. The minimum atomic E-state index is -0.230. The number of piperidine rings is 1. The molecule has 1 fully saturated rings. The molecule has 1 unspecified atom stereocenters. The smallest absolute Gasteiger partial charge is 0.223 e. The van der Waals surface area contributed by atoms with E-state index in [2.05, 4.69) is 5.32 Å². The van der Waals surface area contributed by atoms with Crippen LogP contribution in [0.15, 0.2) is 24.3 Å². The van der Waals surface area contributed by atoms with Crippen LogP contribution in [0.2, 0.25) is 0 Å². The van der Waals surface area contributed by atoms with Crippen molar-refractivity contribution in [1.82, 2.24) is 20.0 Å². The van der Waals surface area contributed by atoms with Crippen molar-refractivity contribution in [3.05, 3.63) is 52.6 Å². The highest BCUT2D eigenvalue weighted by molar-refractivity contribution is 5.76. The van der Waals surface area contributed by atoms with Crippen LogP contribution in [0.5, 0.6) is 0 Å². The first-order valence-corrected chi connectivity index (χ1v) is 9.88. The maximum absolute atomic E-state index is 13.2. The Labute approximate surface area is 159 Å². The molecule has 1 atom stereocenters. The summed E-state index contributed by atoms with van der Waals surface area (Å²) in [5.74, 6) is 0.478. The molecule has 0 aliphatic carbocycles. The van der Waals surface area contributed by atoms with Gasteiger partial charge in [0.15, 0.2) is 0 Å². The van der Waals surface area contributed by atoms with Gasteiger partial charge in [0.1, 0.15) is 5.82 Å². The lowest BCUT2D eigenvalue weighted by molar-refractivity contribution is -0.133. The number of aromatic nitrogens is 2. The lowest BCUT2D eigenvalue weighted by atomic mass is 9.95. The molecule has 4 rings (SSSR count). The molecule has 1 aromatic carbocycles. The molecule has 0 radical (unpaired) electrons. The summed E-state index contributed by atoms with van der Waals surface area (Å²) in [7, 11) is 0. The zero-order valence-corrected chi connectivity index (χ0v) is 15.9. The molecule has 5 nitrogen and oxygen atoms in total. The van der Waals surface area contributed by atoms with Gasteiger partial charge in [0, 0.05) is 13.0 Å². The molecule has 27 heavy (non-hydrogen) atoms. The monoisotopic (exact) mass is 370 g/mol. The van der Waals surface area contributed by atoms with E-state index in [4.69, 9.17) is 5.10 Å². The van der Waals surface area contributed by atoms with E-state index >= 15 is 0 Å². The van der Waals surface area contributed by atoms with Crippen molar-refractivity contribution in [3.8, 4) is 0 Å². The van der Waals surface area contributed by atoms with Gasteiger partial charge < -0.3 is 10.2 Å². The number of aryl methyl sites for hydroxylation is 1. The third-order valence-corrected chi connectivity index (χ3v) is 5.80. The van der Waals surface area contributed by atoms with Crippen LogP contribution >= 0.6 is 0 Å². The molecular weight excluding hydrogens is 343 g/mol. The second kappa shape index (κ2) is 7.80. The summed E-state index contributed by atoms with van der Waals surface area (Å²) in [6, 6.07) is 6.54. The zero-order valence-electron chi connectivity index (χ0n) is 15.9. The van der Waals surface area contributed by atoms with Gasteiger partial charge in [-0.05, 0) is 68.5 Å². The topological polar surface area (TPSA) is 50.2 Å². The number of nitrogens with zero attached hydrogens (tertiary/aromatic N) is 3. The Morgan fingerprint density at radius 2 is 2.15 bits per heavy atom. The number of halogens is 1. The number of hydrogen-bond acceptors (Lipinski definition) is 3. The Morgan fingerprint density at radius 3 is 2.89 bits per heavy atom.